The van der Waals surface area contributed by atoms with E-state index < -0.39 is 0 Å². The molecule has 0 aliphatic rings. The molecule has 0 saturated heterocycles. The highest BCUT2D eigenvalue weighted by atomic mass is 16.1. The van der Waals surface area contributed by atoms with E-state index in [2.05, 4.69) is 13.2 Å². The fourth-order valence-corrected chi connectivity index (χ4v) is 0.342. The first-order chi connectivity index (χ1) is 3.81. The van der Waals surface area contributed by atoms with Crippen molar-refractivity contribution in [3.05, 3.63) is 31.7 Å². The lowest BCUT2D eigenvalue weighted by atomic mass is 10.2. The van der Waals surface area contributed by atoms with Crippen LogP contribution >= 0.6 is 0 Å². The minimum absolute atomic E-state index is 0.0509. The van der Waals surface area contributed by atoms with E-state index in [1.54, 1.807) is 6.08 Å². The van der Waals surface area contributed by atoms with Gasteiger partial charge in [0.25, 0.3) is 0 Å². The number of rotatable bonds is 4. The van der Waals surface area contributed by atoms with Crippen LogP contribution in [-0.2, 0) is 4.79 Å². The molecule has 0 bridgehead atoms. The molecule has 0 aliphatic heterocycles. The first-order valence-corrected chi connectivity index (χ1v) is 2.40. The van der Waals surface area contributed by atoms with Crippen molar-refractivity contribution < 1.29 is 4.79 Å². The summed E-state index contributed by atoms with van der Waals surface area (Å²) in [6.45, 7) is 6.78. The molecule has 0 unspecified atom stereocenters. The normalized spacial score (nSPS) is 8.00. The molecule has 0 saturated carbocycles. The highest BCUT2D eigenvalue weighted by Gasteiger charge is 1.91. The fraction of sp³-hybridized carbons (Fsp3) is 0.143. The van der Waals surface area contributed by atoms with Crippen molar-refractivity contribution in [2.24, 2.45) is 0 Å². The summed E-state index contributed by atoms with van der Waals surface area (Å²) >= 11 is 0. The molecule has 8 heavy (non-hydrogen) atoms. The molecule has 1 nitrogen and oxygen atoms in total. The minimum Gasteiger partial charge on any atom is -0.299 e. The molecule has 0 rings (SSSR count). The lowest BCUT2D eigenvalue weighted by Crippen LogP contribution is -1.91. The fourth-order valence-electron chi connectivity index (χ4n) is 0.342. The molecule has 0 amide bonds. The van der Waals surface area contributed by atoms with E-state index in [0.29, 0.717) is 6.42 Å². The lowest BCUT2D eigenvalue weighted by Gasteiger charge is -1.84. The summed E-state index contributed by atoms with van der Waals surface area (Å²) in [4.78, 5) is 10.4. The maximum atomic E-state index is 10.4. The molecule has 43 valence electrons. The molecule has 0 N–H and O–H groups in total. The maximum absolute atomic E-state index is 10.4. The summed E-state index contributed by atoms with van der Waals surface area (Å²) in [7, 11) is 0. The Balaban J connectivity index is 3.32. The molecule has 0 spiro atoms. The number of hydrogen-bond acceptors (Lipinski definition) is 1. The number of carbonyl (C=O) groups excluding carboxylic acids is 1. The van der Waals surface area contributed by atoms with Crippen molar-refractivity contribution in [2.45, 2.75) is 6.42 Å². The van der Waals surface area contributed by atoms with Crippen LogP contribution in [0.3, 0.4) is 0 Å². The van der Waals surface area contributed by atoms with Crippen LogP contribution in [0, 0.1) is 6.42 Å². The monoisotopic (exact) mass is 109 g/mol. The Morgan fingerprint density at radius 3 is 2.50 bits per heavy atom. The van der Waals surface area contributed by atoms with Crippen LogP contribution in [0.25, 0.3) is 0 Å². The largest absolute Gasteiger partial charge is 0.299 e. The van der Waals surface area contributed by atoms with Gasteiger partial charge < -0.3 is 0 Å². The number of ketones is 1. The van der Waals surface area contributed by atoms with Crippen LogP contribution in [0.15, 0.2) is 25.3 Å². The van der Waals surface area contributed by atoms with Crippen LogP contribution in [0.5, 0.6) is 0 Å². The number of allylic oxidation sites excluding steroid dienone is 2. The zero-order valence-electron chi connectivity index (χ0n) is 4.76. The highest BCUT2D eigenvalue weighted by Crippen LogP contribution is 1.87. The van der Waals surface area contributed by atoms with Crippen molar-refractivity contribution in [3.63, 3.8) is 0 Å². The molecular weight excluding hydrogens is 100 g/mol. The van der Waals surface area contributed by atoms with Gasteiger partial charge >= 0.3 is 0 Å². The van der Waals surface area contributed by atoms with E-state index in [1.165, 1.54) is 12.5 Å². The van der Waals surface area contributed by atoms with E-state index in [0.717, 1.165) is 0 Å². The zero-order valence-corrected chi connectivity index (χ0v) is 4.76. The molecule has 1 radical (unpaired) electrons. The number of Topliss-reactive ketones (excluding diaryl/α,β-unsaturated/α-hetero) is 1. The third-order valence-corrected chi connectivity index (χ3v) is 0.649. The molecule has 0 aliphatic carbocycles. The van der Waals surface area contributed by atoms with E-state index in [-0.39, 0.29) is 5.78 Å². The van der Waals surface area contributed by atoms with Gasteiger partial charge in [-0.2, -0.15) is 0 Å². The minimum atomic E-state index is 0.0509. The Kier molecular flexibility index (Phi) is 3.85. The second-order valence-corrected chi connectivity index (χ2v) is 1.36. The van der Waals surface area contributed by atoms with Crippen LogP contribution < -0.4 is 0 Å². The average molecular weight is 109 g/mol. The van der Waals surface area contributed by atoms with Gasteiger partial charge in [-0.3, -0.25) is 4.79 Å². The van der Waals surface area contributed by atoms with E-state index >= 15 is 0 Å². The average Bonchev–Trinajstić information content (AvgIpc) is 1.68. The summed E-state index contributed by atoms with van der Waals surface area (Å²) < 4.78 is 0. The van der Waals surface area contributed by atoms with Gasteiger partial charge in [0.05, 0.1) is 0 Å². The van der Waals surface area contributed by atoms with Crippen molar-refractivity contribution in [1.82, 2.24) is 0 Å². The Hall–Kier alpha value is -0.850. The van der Waals surface area contributed by atoms with Crippen LogP contribution in [-0.4, -0.2) is 5.78 Å². The topological polar surface area (TPSA) is 17.1 Å². The SMILES string of the molecule is C=C[CH]C(=O)CC=C. The first kappa shape index (κ1) is 7.15. The van der Waals surface area contributed by atoms with Gasteiger partial charge in [-0.1, -0.05) is 12.2 Å². The molecule has 0 heterocycles. The molecule has 0 aromatic heterocycles. The first-order valence-electron chi connectivity index (χ1n) is 2.40. The summed E-state index contributed by atoms with van der Waals surface area (Å²) in [5, 5.41) is 0. The molecule has 0 fully saturated rings. The Morgan fingerprint density at radius 1 is 1.50 bits per heavy atom. The second-order valence-electron chi connectivity index (χ2n) is 1.36. The van der Waals surface area contributed by atoms with Gasteiger partial charge in [-0.05, 0) is 0 Å². The summed E-state index contributed by atoms with van der Waals surface area (Å²) in [5.74, 6) is 0.0509. The molecular formula is C7H9O. The van der Waals surface area contributed by atoms with Crippen molar-refractivity contribution >= 4 is 5.78 Å². The Labute approximate surface area is 49.7 Å². The predicted molar refractivity (Wildman–Crippen MR) is 34.3 cm³/mol. The molecule has 0 aromatic carbocycles. The molecule has 1 heteroatoms. The smallest absolute Gasteiger partial charge is 0.144 e. The maximum Gasteiger partial charge on any atom is 0.144 e. The van der Waals surface area contributed by atoms with E-state index in [9.17, 15) is 4.79 Å². The van der Waals surface area contributed by atoms with Gasteiger partial charge in [-0.15, -0.1) is 13.2 Å². The number of hydrogen-bond donors (Lipinski definition) is 0. The number of carbonyl (C=O) groups is 1. The Morgan fingerprint density at radius 2 is 2.12 bits per heavy atom. The van der Waals surface area contributed by atoms with E-state index in [4.69, 9.17) is 0 Å². The third kappa shape index (κ3) is 3.34. The van der Waals surface area contributed by atoms with E-state index in [1.807, 2.05) is 0 Å². The molecule has 0 aromatic rings. The second kappa shape index (κ2) is 4.31. The lowest BCUT2D eigenvalue weighted by molar-refractivity contribution is -0.114. The van der Waals surface area contributed by atoms with Crippen molar-refractivity contribution in [1.29, 1.82) is 0 Å². The third-order valence-electron chi connectivity index (χ3n) is 0.649. The van der Waals surface area contributed by atoms with Crippen molar-refractivity contribution in [3.8, 4) is 0 Å². The standard InChI is InChI=1S/C7H9O/c1-3-5-7(8)6-4-2/h3-5H,1-2,6H2. The van der Waals surface area contributed by atoms with Gasteiger partial charge in [0.1, 0.15) is 5.78 Å². The van der Waals surface area contributed by atoms with Gasteiger partial charge in [0, 0.05) is 12.8 Å². The Bertz CT molecular complexity index is 91.0. The van der Waals surface area contributed by atoms with Crippen molar-refractivity contribution in [2.75, 3.05) is 0 Å². The van der Waals surface area contributed by atoms with Gasteiger partial charge in [-0.25, -0.2) is 0 Å². The van der Waals surface area contributed by atoms with Gasteiger partial charge in [0.2, 0.25) is 0 Å². The molecule has 0 atom stereocenters. The summed E-state index contributed by atoms with van der Waals surface area (Å²) in [6, 6.07) is 0. The summed E-state index contributed by atoms with van der Waals surface area (Å²) in [5.41, 5.74) is 0. The summed E-state index contributed by atoms with van der Waals surface area (Å²) in [6.07, 6.45) is 4.89. The van der Waals surface area contributed by atoms with Crippen LogP contribution in [0.1, 0.15) is 6.42 Å². The quantitative estimate of drug-likeness (QED) is 0.500. The predicted octanol–water partition coefficient (Wildman–Crippen LogP) is 1.52. The van der Waals surface area contributed by atoms with Crippen LogP contribution in [0.4, 0.5) is 0 Å². The van der Waals surface area contributed by atoms with Crippen LogP contribution in [0.2, 0.25) is 0 Å². The zero-order chi connectivity index (χ0) is 6.41. The van der Waals surface area contributed by atoms with Gasteiger partial charge in [0.15, 0.2) is 0 Å². The highest BCUT2D eigenvalue weighted by molar-refractivity contribution is 5.89.